The van der Waals surface area contributed by atoms with Crippen LogP contribution in [0.4, 0.5) is 0 Å². The van der Waals surface area contributed by atoms with Crippen LogP contribution in [0.5, 0.6) is 0 Å². The summed E-state index contributed by atoms with van der Waals surface area (Å²) in [6, 6.07) is 2.57. The van der Waals surface area contributed by atoms with E-state index in [4.69, 9.17) is 0 Å². The summed E-state index contributed by atoms with van der Waals surface area (Å²) in [6.45, 7) is 14.7. The summed E-state index contributed by atoms with van der Waals surface area (Å²) in [5, 5.41) is 0. The number of halogens is 1. The molecule has 1 heterocycles. The van der Waals surface area contributed by atoms with Gasteiger partial charge < -0.3 is 4.90 Å². The second-order valence-electron chi connectivity index (χ2n) is 8.39. The van der Waals surface area contributed by atoms with Crippen molar-refractivity contribution in [3.8, 4) is 0 Å². The molecule has 0 aromatic heterocycles. The molecule has 156 valence electrons. The number of aryl methyl sites for hydroxylation is 2. The van der Waals surface area contributed by atoms with Crippen molar-refractivity contribution >= 4 is 22.4 Å². The van der Waals surface area contributed by atoms with E-state index in [1.807, 2.05) is 27.7 Å². The number of nitrogens with zero attached hydrogens (tertiary/aromatic N) is 2. The highest BCUT2D eigenvalue weighted by Gasteiger charge is 2.33. The van der Waals surface area contributed by atoms with Crippen LogP contribution in [0.3, 0.4) is 0 Å². The van der Waals surface area contributed by atoms with Crippen LogP contribution in [0.25, 0.3) is 0 Å². The van der Waals surface area contributed by atoms with Crippen LogP contribution in [0, 0.1) is 33.6 Å². The van der Waals surface area contributed by atoms with Crippen LogP contribution in [-0.4, -0.2) is 50.3 Å². The Hall–Kier alpha value is -0.620. The quantitative estimate of drug-likeness (QED) is 0.686. The van der Waals surface area contributed by atoms with Crippen molar-refractivity contribution in [1.29, 1.82) is 0 Å². The molecule has 0 radical (unpaired) electrons. The molecule has 0 atom stereocenters. The molecule has 4 nitrogen and oxygen atoms in total. The molecule has 1 fully saturated rings. The van der Waals surface area contributed by atoms with E-state index in [1.54, 1.807) is 4.31 Å². The summed E-state index contributed by atoms with van der Waals surface area (Å²) >= 11 is 0. The highest BCUT2D eigenvalue weighted by Crippen LogP contribution is 2.30. The number of piperidine rings is 1. The van der Waals surface area contributed by atoms with Gasteiger partial charge in [-0.1, -0.05) is 19.9 Å². The molecule has 0 unspecified atom stereocenters. The SMILES string of the molecule is Cc1cc(C)c(C)c(S(=O)(=O)N2CCC(N(C)CCC(C)C)CC2)c1C.Cl. The molecule has 0 aliphatic carbocycles. The molecule has 1 saturated heterocycles. The molecule has 27 heavy (non-hydrogen) atoms. The maximum Gasteiger partial charge on any atom is 0.243 e. The lowest BCUT2D eigenvalue weighted by molar-refractivity contribution is 0.162. The highest BCUT2D eigenvalue weighted by molar-refractivity contribution is 7.89. The van der Waals surface area contributed by atoms with Gasteiger partial charge in [0.25, 0.3) is 0 Å². The van der Waals surface area contributed by atoms with Crippen LogP contribution in [-0.2, 0) is 10.0 Å². The summed E-state index contributed by atoms with van der Waals surface area (Å²) in [7, 11) is -1.25. The highest BCUT2D eigenvalue weighted by atomic mass is 35.5. The van der Waals surface area contributed by atoms with Crippen LogP contribution in [0.2, 0.25) is 0 Å². The number of rotatable bonds is 6. The number of sulfonamides is 1. The van der Waals surface area contributed by atoms with Crippen LogP contribution >= 0.6 is 12.4 Å². The molecular formula is C21H37ClN2O2S. The average Bonchev–Trinajstić information content (AvgIpc) is 2.58. The van der Waals surface area contributed by atoms with Gasteiger partial charge in [0.05, 0.1) is 4.90 Å². The van der Waals surface area contributed by atoms with E-state index in [1.165, 1.54) is 6.42 Å². The van der Waals surface area contributed by atoms with Gasteiger partial charge in [-0.15, -0.1) is 12.4 Å². The van der Waals surface area contributed by atoms with E-state index in [9.17, 15) is 8.42 Å². The molecule has 0 saturated carbocycles. The lowest BCUT2D eigenvalue weighted by Crippen LogP contribution is -2.46. The third-order valence-electron chi connectivity index (χ3n) is 6.00. The first-order valence-corrected chi connectivity index (χ1v) is 11.3. The Morgan fingerprint density at radius 1 is 1.07 bits per heavy atom. The Morgan fingerprint density at radius 2 is 1.56 bits per heavy atom. The van der Waals surface area contributed by atoms with E-state index in [2.05, 4.69) is 31.9 Å². The van der Waals surface area contributed by atoms with Gasteiger partial charge in [0.15, 0.2) is 0 Å². The predicted molar refractivity (Wildman–Crippen MR) is 117 cm³/mol. The zero-order valence-corrected chi connectivity index (χ0v) is 19.6. The topological polar surface area (TPSA) is 40.6 Å². The van der Waals surface area contributed by atoms with Crippen molar-refractivity contribution in [3.05, 3.63) is 28.3 Å². The van der Waals surface area contributed by atoms with Crippen molar-refractivity contribution in [3.63, 3.8) is 0 Å². The summed E-state index contributed by atoms with van der Waals surface area (Å²) in [4.78, 5) is 2.94. The minimum Gasteiger partial charge on any atom is -0.303 e. The van der Waals surface area contributed by atoms with Crippen LogP contribution in [0.15, 0.2) is 11.0 Å². The first-order valence-electron chi connectivity index (χ1n) is 9.83. The van der Waals surface area contributed by atoms with Gasteiger partial charge in [-0.2, -0.15) is 4.31 Å². The second-order valence-corrected chi connectivity index (χ2v) is 10.3. The maximum absolute atomic E-state index is 13.3. The summed E-state index contributed by atoms with van der Waals surface area (Å²) in [6.07, 6.45) is 3.02. The van der Waals surface area contributed by atoms with Gasteiger partial charge in [0.1, 0.15) is 0 Å². The minimum atomic E-state index is -3.43. The van der Waals surface area contributed by atoms with E-state index in [0.717, 1.165) is 41.6 Å². The van der Waals surface area contributed by atoms with Crippen molar-refractivity contribution in [1.82, 2.24) is 9.21 Å². The largest absolute Gasteiger partial charge is 0.303 e. The Kier molecular flexibility index (Phi) is 8.80. The number of hydrogen-bond donors (Lipinski definition) is 0. The van der Waals surface area contributed by atoms with Crippen molar-refractivity contribution in [2.24, 2.45) is 5.92 Å². The second kappa shape index (κ2) is 9.73. The van der Waals surface area contributed by atoms with Gasteiger partial charge in [0.2, 0.25) is 10.0 Å². The van der Waals surface area contributed by atoms with E-state index in [-0.39, 0.29) is 12.4 Å². The Labute approximate surface area is 172 Å². The van der Waals surface area contributed by atoms with Crippen molar-refractivity contribution in [2.45, 2.75) is 71.7 Å². The van der Waals surface area contributed by atoms with Gasteiger partial charge in [-0.25, -0.2) is 8.42 Å². The van der Waals surface area contributed by atoms with Gasteiger partial charge in [-0.05, 0) is 88.7 Å². The first-order chi connectivity index (χ1) is 12.1. The molecule has 1 aliphatic heterocycles. The third kappa shape index (κ3) is 5.47. The van der Waals surface area contributed by atoms with E-state index >= 15 is 0 Å². The fraction of sp³-hybridized carbons (Fsp3) is 0.714. The fourth-order valence-corrected chi connectivity index (χ4v) is 5.91. The fourth-order valence-electron chi connectivity index (χ4n) is 3.86. The van der Waals surface area contributed by atoms with Gasteiger partial charge in [0, 0.05) is 19.1 Å². The molecule has 0 amide bonds. The number of benzene rings is 1. The molecule has 1 aromatic rings. The first kappa shape index (κ1) is 24.4. The van der Waals surface area contributed by atoms with Crippen LogP contribution in [0.1, 0.15) is 55.4 Å². The standard InChI is InChI=1S/C21H36N2O2S.ClH/c1-15(2)8-11-22(7)20-9-12-23(13-10-20)26(24,25)21-18(5)16(3)14-17(4)19(21)6;/h14-15,20H,8-13H2,1-7H3;1H. The maximum atomic E-state index is 13.3. The van der Waals surface area contributed by atoms with Crippen molar-refractivity contribution in [2.75, 3.05) is 26.7 Å². The van der Waals surface area contributed by atoms with Gasteiger partial charge >= 0.3 is 0 Å². The molecule has 0 bridgehead atoms. The summed E-state index contributed by atoms with van der Waals surface area (Å²) < 4.78 is 28.4. The van der Waals surface area contributed by atoms with E-state index in [0.29, 0.717) is 29.9 Å². The summed E-state index contributed by atoms with van der Waals surface area (Å²) in [5.74, 6) is 0.702. The van der Waals surface area contributed by atoms with Crippen LogP contribution < -0.4 is 0 Å². The zero-order chi connectivity index (χ0) is 19.6. The molecule has 6 heteroatoms. The average molecular weight is 417 g/mol. The monoisotopic (exact) mass is 416 g/mol. The minimum absolute atomic E-state index is 0. The Morgan fingerprint density at radius 3 is 2.00 bits per heavy atom. The number of hydrogen-bond acceptors (Lipinski definition) is 3. The van der Waals surface area contributed by atoms with Crippen molar-refractivity contribution < 1.29 is 8.42 Å². The molecular weight excluding hydrogens is 380 g/mol. The van der Waals surface area contributed by atoms with Gasteiger partial charge in [-0.3, -0.25) is 0 Å². The molecule has 0 N–H and O–H groups in total. The zero-order valence-electron chi connectivity index (χ0n) is 18.0. The molecule has 1 aromatic carbocycles. The lowest BCUT2D eigenvalue weighted by atomic mass is 10.0. The molecule has 2 rings (SSSR count). The normalized spacial score (nSPS) is 16.8. The lowest BCUT2D eigenvalue weighted by Gasteiger charge is -2.37. The van der Waals surface area contributed by atoms with E-state index < -0.39 is 10.0 Å². The Balaban J connectivity index is 0.00000364. The predicted octanol–water partition coefficient (Wildman–Crippen LogP) is 4.47. The summed E-state index contributed by atoms with van der Waals surface area (Å²) in [5.41, 5.74) is 3.89. The molecule has 1 aliphatic rings. The Bertz CT molecular complexity index is 713. The smallest absolute Gasteiger partial charge is 0.243 e. The molecule has 0 spiro atoms. The third-order valence-corrected chi connectivity index (χ3v) is 8.17.